The average Bonchev–Trinajstić information content (AvgIpc) is 2.34. The third-order valence-corrected chi connectivity index (χ3v) is 4.22. The molecule has 0 saturated carbocycles. The molecule has 0 aromatic rings. The number of nitrogens with zero attached hydrogens (tertiary/aromatic N) is 2. The summed E-state index contributed by atoms with van der Waals surface area (Å²) in [5.74, 6) is 0. The van der Waals surface area contributed by atoms with Crippen molar-refractivity contribution in [3.05, 3.63) is 0 Å². The Morgan fingerprint density at radius 2 is 1.06 bits per heavy atom. The Hall–Kier alpha value is -1.14. The van der Waals surface area contributed by atoms with E-state index in [9.17, 15) is 0 Å². The van der Waals surface area contributed by atoms with Gasteiger partial charge in [-0.25, -0.2) is 0 Å². The molecule has 0 radical (unpaired) electrons. The SMILES string of the molecule is CC(=NO)C(C)(C)C(N)C(N)C(C)(C)C(C)=NO. The molecule has 0 heterocycles. The Bertz CT molecular complexity index is 314. The summed E-state index contributed by atoms with van der Waals surface area (Å²) in [7, 11) is 0. The number of oxime groups is 2. The van der Waals surface area contributed by atoms with E-state index in [1.807, 2.05) is 27.7 Å². The van der Waals surface area contributed by atoms with Crippen LogP contribution in [0.5, 0.6) is 0 Å². The van der Waals surface area contributed by atoms with E-state index in [-0.39, 0.29) is 0 Å². The van der Waals surface area contributed by atoms with Crippen molar-refractivity contribution in [2.45, 2.75) is 53.6 Å². The zero-order chi connectivity index (χ0) is 14.7. The van der Waals surface area contributed by atoms with Crippen LogP contribution in [0, 0.1) is 10.8 Å². The second-order valence-electron chi connectivity index (χ2n) is 5.87. The molecule has 2 unspecified atom stereocenters. The highest BCUT2D eigenvalue weighted by Gasteiger charge is 2.42. The molecular weight excluding hydrogens is 232 g/mol. The highest BCUT2D eigenvalue weighted by Crippen LogP contribution is 2.31. The second kappa shape index (κ2) is 5.67. The van der Waals surface area contributed by atoms with Gasteiger partial charge in [0.1, 0.15) is 0 Å². The molecule has 0 aliphatic carbocycles. The Morgan fingerprint density at radius 1 is 0.833 bits per heavy atom. The number of hydrogen-bond donors (Lipinski definition) is 4. The maximum absolute atomic E-state index is 8.89. The van der Waals surface area contributed by atoms with Crippen molar-refractivity contribution in [3.63, 3.8) is 0 Å². The Morgan fingerprint density at radius 3 is 1.22 bits per heavy atom. The summed E-state index contributed by atoms with van der Waals surface area (Å²) in [5.41, 5.74) is 12.3. The van der Waals surface area contributed by atoms with E-state index in [2.05, 4.69) is 10.3 Å². The zero-order valence-corrected chi connectivity index (χ0v) is 12.1. The van der Waals surface area contributed by atoms with E-state index in [0.717, 1.165) is 0 Å². The van der Waals surface area contributed by atoms with Crippen LogP contribution in [0.3, 0.4) is 0 Å². The first-order chi connectivity index (χ1) is 8.03. The van der Waals surface area contributed by atoms with Gasteiger partial charge >= 0.3 is 0 Å². The lowest BCUT2D eigenvalue weighted by molar-refractivity contribution is 0.241. The largest absolute Gasteiger partial charge is 0.411 e. The van der Waals surface area contributed by atoms with Crippen molar-refractivity contribution in [1.82, 2.24) is 0 Å². The predicted octanol–water partition coefficient (Wildman–Crippen LogP) is 1.39. The molecule has 0 fully saturated rings. The fraction of sp³-hybridized carbons (Fsp3) is 0.833. The van der Waals surface area contributed by atoms with Crippen LogP contribution < -0.4 is 11.5 Å². The third-order valence-electron chi connectivity index (χ3n) is 4.22. The molecule has 0 aromatic carbocycles. The van der Waals surface area contributed by atoms with Crippen LogP contribution in [0.1, 0.15) is 41.5 Å². The molecule has 18 heavy (non-hydrogen) atoms. The first-order valence-electron chi connectivity index (χ1n) is 5.92. The summed E-state index contributed by atoms with van der Waals surface area (Å²) in [6.45, 7) is 10.9. The van der Waals surface area contributed by atoms with E-state index in [0.29, 0.717) is 11.4 Å². The molecule has 6 N–H and O–H groups in total. The minimum absolute atomic E-state index is 0.444. The lowest BCUT2D eigenvalue weighted by Crippen LogP contribution is -2.60. The van der Waals surface area contributed by atoms with Gasteiger partial charge in [0.2, 0.25) is 0 Å². The molecule has 2 atom stereocenters. The zero-order valence-electron chi connectivity index (χ0n) is 12.1. The Kier molecular flexibility index (Phi) is 5.31. The van der Waals surface area contributed by atoms with Crippen molar-refractivity contribution < 1.29 is 10.4 Å². The second-order valence-corrected chi connectivity index (χ2v) is 5.87. The smallest absolute Gasteiger partial charge is 0.0612 e. The highest BCUT2D eigenvalue weighted by molar-refractivity contribution is 5.89. The standard InChI is InChI=1S/C12H26N4O2/c1-7(15-17)11(3,4)9(13)10(14)12(5,6)8(2)16-18/h9-10,17-18H,13-14H2,1-6H3. The first-order valence-corrected chi connectivity index (χ1v) is 5.92. The molecule has 0 aliphatic heterocycles. The lowest BCUT2D eigenvalue weighted by Gasteiger charge is -2.41. The van der Waals surface area contributed by atoms with Gasteiger partial charge in [-0.15, -0.1) is 0 Å². The Balaban J connectivity index is 5.30. The predicted molar refractivity (Wildman–Crippen MR) is 73.3 cm³/mol. The van der Waals surface area contributed by atoms with Gasteiger partial charge in [-0.05, 0) is 13.8 Å². The minimum atomic E-state index is -0.554. The summed E-state index contributed by atoms with van der Waals surface area (Å²) >= 11 is 0. The van der Waals surface area contributed by atoms with Gasteiger partial charge in [-0.3, -0.25) is 0 Å². The first kappa shape index (κ1) is 16.9. The summed E-state index contributed by atoms with van der Waals surface area (Å²) in [4.78, 5) is 0. The molecule has 106 valence electrons. The summed E-state index contributed by atoms with van der Waals surface area (Å²) in [5, 5.41) is 24.2. The van der Waals surface area contributed by atoms with Crippen molar-refractivity contribution in [2.24, 2.45) is 32.6 Å². The van der Waals surface area contributed by atoms with Gasteiger partial charge in [-0.1, -0.05) is 38.0 Å². The van der Waals surface area contributed by atoms with Crippen LogP contribution in [-0.4, -0.2) is 33.9 Å². The van der Waals surface area contributed by atoms with Crippen molar-refractivity contribution >= 4 is 11.4 Å². The van der Waals surface area contributed by atoms with Crippen LogP contribution in [0.2, 0.25) is 0 Å². The molecular formula is C12H26N4O2. The molecule has 0 aliphatic rings. The van der Waals surface area contributed by atoms with E-state index in [4.69, 9.17) is 21.9 Å². The van der Waals surface area contributed by atoms with Gasteiger partial charge in [0.15, 0.2) is 0 Å². The van der Waals surface area contributed by atoms with Gasteiger partial charge in [0.05, 0.1) is 11.4 Å². The van der Waals surface area contributed by atoms with Gasteiger partial charge in [0.25, 0.3) is 0 Å². The van der Waals surface area contributed by atoms with Crippen molar-refractivity contribution in [3.8, 4) is 0 Å². The van der Waals surface area contributed by atoms with E-state index in [1.54, 1.807) is 13.8 Å². The van der Waals surface area contributed by atoms with Gasteiger partial charge < -0.3 is 21.9 Å². The van der Waals surface area contributed by atoms with Gasteiger partial charge in [-0.2, -0.15) is 0 Å². The normalized spacial score (nSPS) is 18.7. The fourth-order valence-electron chi connectivity index (χ4n) is 1.64. The summed E-state index contributed by atoms with van der Waals surface area (Å²) in [6.07, 6.45) is 0. The van der Waals surface area contributed by atoms with Crippen LogP contribution in [-0.2, 0) is 0 Å². The topological polar surface area (TPSA) is 117 Å². The van der Waals surface area contributed by atoms with Crippen molar-refractivity contribution in [2.75, 3.05) is 0 Å². The van der Waals surface area contributed by atoms with Crippen LogP contribution in [0.15, 0.2) is 10.3 Å². The van der Waals surface area contributed by atoms with E-state index in [1.165, 1.54) is 0 Å². The number of nitrogens with two attached hydrogens (primary N) is 2. The molecule has 0 aromatic heterocycles. The number of rotatable bonds is 5. The van der Waals surface area contributed by atoms with Crippen molar-refractivity contribution in [1.29, 1.82) is 0 Å². The van der Waals surface area contributed by atoms with E-state index >= 15 is 0 Å². The maximum atomic E-state index is 8.89. The highest BCUT2D eigenvalue weighted by atomic mass is 16.4. The lowest BCUT2D eigenvalue weighted by atomic mass is 9.68. The summed E-state index contributed by atoms with van der Waals surface area (Å²) < 4.78 is 0. The van der Waals surface area contributed by atoms with Crippen LogP contribution >= 0.6 is 0 Å². The minimum Gasteiger partial charge on any atom is -0.411 e. The molecule has 6 heteroatoms. The Labute approximate surface area is 109 Å². The maximum Gasteiger partial charge on any atom is 0.0612 e. The molecule has 0 spiro atoms. The van der Waals surface area contributed by atoms with E-state index < -0.39 is 22.9 Å². The van der Waals surface area contributed by atoms with Crippen LogP contribution in [0.25, 0.3) is 0 Å². The molecule has 0 saturated heterocycles. The fourth-order valence-corrected chi connectivity index (χ4v) is 1.64. The molecule has 6 nitrogen and oxygen atoms in total. The molecule has 0 amide bonds. The quantitative estimate of drug-likeness (QED) is 0.338. The molecule has 0 rings (SSSR count). The molecule has 0 bridgehead atoms. The monoisotopic (exact) mass is 258 g/mol. The van der Waals surface area contributed by atoms with Crippen LogP contribution in [0.4, 0.5) is 0 Å². The third kappa shape index (κ3) is 3.00. The van der Waals surface area contributed by atoms with Gasteiger partial charge in [0, 0.05) is 22.9 Å². The summed E-state index contributed by atoms with van der Waals surface area (Å²) in [6, 6.07) is -0.889. The average molecular weight is 258 g/mol. The number of hydrogen-bond acceptors (Lipinski definition) is 6.